The molecule has 0 aromatic heterocycles. The molecule has 3 aromatic carbocycles. The van der Waals surface area contributed by atoms with Gasteiger partial charge in [0.05, 0.1) is 4.92 Å². The van der Waals surface area contributed by atoms with Gasteiger partial charge in [0.2, 0.25) is 5.90 Å². The lowest BCUT2D eigenvalue weighted by molar-refractivity contribution is -0.385. The lowest BCUT2D eigenvalue weighted by Gasteiger charge is -2.09. The predicted octanol–water partition coefficient (Wildman–Crippen LogP) is 5.48. The number of nitro benzene ring substituents is 1. The van der Waals surface area contributed by atoms with Crippen LogP contribution in [0.25, 0.3) is 6.08 Å². The van der Waals surface area contributed by atoms with Crippen LogP contribution in [0.5, 0.6) is 5.75 Å². The number of benzene rings is 3. The number of hydrogen-bond acceptors (Lipinski definition) is 6. The van der Waals surface area contributed by atoms with Gasteiger partial charge in [0.25, 0.3) is 5.69 Å². The van der Waals surface area contributed by atoms with E-state index in [4.69, 9.17) is 21.1 Å². The number of carbonyl (C=O) groups excluding carboxylic acids is 1. The molecule has 0 radical (unpaired) electrons. The van der Waals surface area contributed by atoms with Crippen LogP contribution in [0.1, 0.15) is 22.3 Å². The molecule has 160 valence electrons. The summed E-state index contributed by atoms with van der Waals surface area (Å²) >= 11 is 5.91. The first-order valence-corrected chi connectivity index (χ1v) is 10.0. The maximum atomic E-state index is 12.4. The Bertz CT molecular complexity index is 1270. The van der Waals surface area contributed by atoms with Crippen LogP contribution >= 0.6 is 11.6 Å². The number of para-hydroxylation sites is 1. The van der Waals surface area contributed by atoms with Crippen molar-refractivity contribution < 1.29 is 19.2 Å². The molecule has 8 heteroatoms. The van der Waals surface area contributed by atoms with Gasteiger partial charge >= 0.3 is 5.97 Å². The number of cyclic esters (lactones) is 1. The van der Waals surface area contributed by atoms with E-state index in [9.17, 15) is 14.9 Å². The summed E-state index contributed by atoms with van der Waals surface area (Å²) < 4.78 is 11.2. The third kappa shape index (κ3) is 4.68. The molecule has 1 aliphatic heterocycles. The Morgan fingerprint density at radius 1 is 1.12 bits per heavy atom. The summed E-state index contributed by atoms with van der Waals surface area (Å²) in [7, 11) is 0. The summed E-state index contributed by atoms with van der Waals surface area (Å²) in [5.41, 5.74) is 2.64. The second kappa shape index (κ2) is 9.03. The van der Waals surface area contributed by atoms with E-state index in [1.54, 1.807) is 43.3 Å². The van der Waals surface area contributed by atoms with Gasteiger partial charge in [-0.25, -0.2) is 9.79 Å². The van der Waals surface area contributed by atoms with Gasteiger partial charge in [-0.3, -0.25) is 10.1 Å². The van der Waals surface area contributed by atoms with Crippen molar-refractivity contribution in [1.82, 2.24) is 0 Å². The molecule has 0 aliphatic carbocycles. The summed E-state index contributed by atoms with van der Waals surface area (Å²) in [6.07, 6.45) is 1.59. The van der Waals surface area contributed by atoms with E-state index in [1.165, 1.54) is 12.1 Å². The third-order valence-electron chi connectivity index (χ3n) is 4.78. The number of nitro groups is 1. The predicted molar refractivity (Wildman–Crippen MR) is 121 cm³/mol. The summed E-state index contributed by atoms with van der Waals surface area (Å²) in [4.78, 5) is 27.2. The molecule has 32 heavy (non-hydrogen) atoms. The van der Waals surface area contributed by atoms with Crippen LogP contribution in [0, 0.1) is 17.0 Å². The number of carbonyl (C=O) groups is 1. The highest BCUT2D eigenvalue weighted by atomic mass is 35.5. The van der Waals surface area contributed by atoms with Crippen molar-refractivity contribution in [3.63, 3.8) is 0 Å². The molecule has 3 aromatic rings. The molecule has 0 atom stereocenters. The summed E-state index contributed by atoms with van der Waals surface area (Å²) in [6.45, 7) is 1.95. The summed E-state index contributed by atoms with van der Waals surface area (Å²) in [5.74, 6) is 0.0694. The SMILES string of the molecule is Cc1cc(C2=N/C(=C\c3ccccc3OCc3ccc(Cl)cc3)C(=O)O2)ccc1[N+](=O)[O-]. The quantitative estimate of drug-likeness (QED) is 0.215. The average Bonchev–Trinajstić information content (AvgIpc) is 3.14. The first-order valence-electron chi connectivity index (χ1n) is 9.65. The van der Waals surface area contributed by atoms with Crippen molar-refractivity contribution in [1.29, 1.82) is 0 Å². The van der Waals surface area contributed by atoms with Crippen molar-refractivity contribution in [2.75, 3.05) is 0 Å². The van der Waals surface area contributed by atoms with Crippen molar-refractivity contribution in [3.8, 4) is 5.75 Å². The Labute approximate surface area is 188 Å². The third-order valence-corrected chi connectivity index (χ3v) is 5.03. The number of rotatable bonds is 6. The highest BCUT2D eigenvalue weighted by Gasteiger charge is 2.25. The summed E-state index contributed by atoms with van der Waals surface area (Å²) in [5, 5.41) is 11.7. The second-order valence-electron chi connectivity index (χ2n) is 7.05. The molecule has 0 saturated carbocycles. The lowest BCUT2D eigenvalue weighted by Crippen LogP contribution is -2.06. The number of halogens is 1. The van der Waals surface area contributed by atoms with Gasteiger partial charge in [-0.05, 0) is 48.9 Å². The Kier molecular flexibility index (Phi) is 6.00. The first-order chi connectivity index (χ1) is 15.4. The van der Waals surface area contributed by atoms with Crippen molar-refractivity contribution in [2.24, 2.45) is 4.99 Å². The van der Waals surface area contributed by atoms with Gasteiger partial charge < -0.3 is 9.47 Å². The van der Waals surface area contributed by atoms with Crippen molar-refractivity contribution in [2.45, 2.75) is 13.5 Å². The largest absolute Gasteiger partial charge is 0.488 e. The molecule has 1 aliphatic rings. The molecular weight excluding hydrogens is 432 g/mol. The molecule has 0 spiro atoms. The Morgan fingerprint density at radius 2 is 1.88 bits per heavy atom. The van der Waals surface area contributed by atoms with Gasteiger partial charge in [-0.1, -0.05) is 41.9 Å². The van der Waals surface area contributed by atoms with E-state index >= 15 is 0 Å². The lowest BCUT2D eigenvalue weighted by atomic mass is 10.1. The van der Waals surface area contributed by atoms with E-state index in [-0.39, 0.29) is 17.3 Å². The van der Waals surface area contributed by atoms with E-state index in [0.29, 0.717) is 34.1 Å². The number of nitrogens with zero attached hydrogens (tertiary/aromatic N) is 2. The van der Waals surface area contributed by atoms with Crippen LogP contribution in [0.4, 0.5) is 5.69 Å². The van der Waals surface area contributed by atoms with Crippen LogP contribution in [0.15, 0.2) is 77.4 Å². The van der Waals surface area contributed by atoms with Crippen LogP contribution in [-0.4, -0.2) is 16.8 Å². The Balaban J connectivity index is 1.58. The highest BCUT2D eigenvalue weighted by molar-refractivity contribution is 6.30. The number of aliphatic imine (C=N–C) groups is 1. The standard InChI is InChI=1S/C24H17ClN2O5/c1-15-12-18(8-11-21(15)27(29)30)23-26-20(24(28)32-23)13-17-4-2-3-5-22(17)31-14-16-6-9-19(25)10-7-16/h2-13H,14H2,1H3/b20-13-. The molecule has 0 amide bonds. The fourth-order valence-corrected chi connectivity index (χ4v) is 3.27. The van der Waals surface area contributed by atoms with Gasteiger partial charge in [0.1, 0.15) is 12.4 Å². The Hall–Kier alpha value is -3.97. The fraction of sp³-hybridized carbons (Fsp3) is 0.0833. The van der Waals surface area contributed by atoms with Crippen molar-refractivity contribution >= 4 is 35.2 Å². The van der Waals surface area contributed by atoms with Crippen molar-refractivity contribution in [3.05, 3.63) is 110 Å². The molecule has 0 saturated heterocycles. The number of hydrogen-bond donors (Lipinski definition) is 0. The monoisotopic (exact) mass is 448 g/mol. The normalized spacial score (nSPS) is 14.2. The molecule has 0 fully saturated rings. The smallest absolute Gasteiger partial charge is 0.363 e. The van der Waals surface area contributed by atoms with Gasteiger partial charge in [0.15, 0.2) is 5.70 Å². The van der Waals surface area contributed by atoms with Crippen LogP contribution in [0.3, 0.4) is 0 Å². The molecule has 4 rings (SSSR count). The number of aryl methyl sites for hydroxylation is 1. The maximum Gasteiger partial charge on any atom is 0.363 e. The van der Waals surface area contributed by atoms with Crippen LogP contribution < -0.4 is 4.74 Å². The van der Waals surface area contributed by atoms with Gasteiger partial charge in [-0.2, -0.15) is 0 Å². The number of ether oxygens (including phenoxy) is 2. The van der Waals surface area contributed by atoms with E-state index < -0.39 is 10.9 Å². The minimum Gasteiger partial charge on any atom is -0.488 e. The minimum atomic E-state index is -0.608. The van der Waals surface area contributed by atoms with Gasteiger partial charge in [0, 0.05) is 27.8 Å². The van der Waals surface area contributed by atoms with E-state index in [0.717, 1.165) is 5.56 Å². The molecule has 1 heterocycles. The zero-order chi connectivity index (χ0) is 22.7. The van der Waals surface area contributed by atoms with Crippen LogP contribution in [0.2, 0.25) is 5.02 Å². The maximum absolute atomic E-state index is 12.4. The zero-order valence-electron chi connectivity index (χ0n) is 16.9. The van der Waals surface area contributed by atoms with E-state index in [1.807, 2.05) is 24.3 Å². The molecule has 7 nitrogen and oxygen atoms in total. The molecule has 0 bridgehead atoms. The van der Waals surface area contributed by atoms with E-state index in [2.05, 4.69) is 4.99 Å². The first kappa shape index (κ1) is 21.3. The molecule has 0 N–H and O–H groups in total. The van der Waals surface area contributed by atoms with Crippen LogP contribution in [-0.2, 0) is 16.1 Å². The average molecular weight is 449 g/mol. The fourth-order valence-electron chi connectivity index (χ4n) is 3.15. The minimum absolute atomic E-state index is 0.0128. The second-order valence-corrected chi connectivity index (χ2v) is 7.48. The topological polar surface area (TPSA) is 91.0 Å². The zero-order valence-corrected chi connectivity index (χ0v) is 17.7. The summed E-state index contributed by atoms with van der Waals surface area (Å²) in [6, 6.07) is 19.0. The highest BCUT2D eigenvalue weighted by Crippen LogP contribution is 2.27. The number of esters is 1. The Morgan fingerprint density at radius 3 is 2.59 bits per heavy atom. The molecule has 0 unspecified atom stereocenters. The van der Waals surface area contributed by atoms with Gasteiger partial charge in [-0.15, -0.1) is 0 Å². The molecular formula is C24H17ClN2O5.